The van der Waals surface area contributed by atoms with Gasteiger partial charge in [0.25, 0.3) is 0 Å². The molecule has 0 N–H and O–H groups in total. The zero-order chi connectivity index (χ0) is 13.7. The van der Waals surface area contributed by atoms with Gasteiger partial charge in [0.05, 0.1) is 5.02 Å². The molecular formula is C15H19BrCl2S. The molecule has 1 aliphatic carbocycles. The summed E-state index contributed by atoms with van der Waals surface area (Å²) in [6.45, 7) is 0. The van der Waals surface area contributed by atoms with Gasteiger partial charge >= 0.3 is 0 Å². The van der Waals surface area contributed by atoms with Gasteiger partial charge in [0.1, 0.15) is 0 Å². The second-order valence-electron chi connectivity index (χ2n) is 5.41. The van der Waals surface area contributed by atoms with E-state index in [0.29, 0.717) is 5.41 Å². The SMILES string of the molecule is Clc1ccc(Cl)c(SCC2(CBr)CCCCCC2)c1. The van der Waals surface area contributed by atoms with E-state index in [1.165, 1.54) is 38.5 Å². The molecule has 0 bridgehead atoms. The van der Waals surface area contributed by atoms with Gasteiger partial charge < -0.3 is 0 Å². The molecule has 1 aliphatic rings. The van der Waals surface area contributed by atoms with Gasteiger partial charge in [-0.3, -0.25) is 0 Å². The molecule has 1 aromatic carbocycles. The summed E-state index contributed by atoms with van der Waals surface area (Å²) >= 11 is 17.9. The van der Waals surface area contributed by atoms with Crippen molar-refractivity contribution in [3.63, 3.8) is 0 Å². The molecule has 1 saturated carbocycles. The van der Waals surface area contributed by atoms with Crippen LogP contribution in [0.15, 0.2) is 23.1 Å². The molecule has 19 heavy (non-hydrogen) atoms. The minimum absolute atomic E-state index is 0.423. The first kappa shape index (κ1) is 16.0. The van der Waals surface area contributed by atoms with E-state index in [0.717, 1.165) is 26.0 Å². The summed E-state index contributed by atoms with van der Waals surface area (Å²) < 4.78 is 0. The Hall–Kier alpha value is 0.630. The van der Waals surface area contributed by atoms with Gasteiger partial charge in [-0.1, -0.05) is 64.8 Å². The average Bonchev–Trinajstić information content (AvgIpc) is 2.66. The van der Waals surface area contributed by atoms with E-state index in [4.69, 9.17) is 23.2 Å². The number of hydrogen-bond donors (Lipinski definition) is 0. The second kappa shape index (κ2) is 7.59. The molecule has 0 radical (unpaired) electrons. The van der Waals surface area contributed by atoms with Crippen LogP contribution in [0, 0.1) is 5.41 Å². The van der Waals surface area contributed by atoms with E-state index in [1.54, 1.807) is 0 Å². The average molecular weight is 382 g/mol. The maximum atomic E-state index is 6.24. The van der Waals surface area contributed by atoms with Crippen molar-refractivity contribution in [1.82, 2.24) is 0 Å². The van der Waals surface area contributed by atoms with Crippen LogP contribution in [-0.4, -0.2) is 11.1 Å². The Kier molecular flexibility index (Phi) is 6.39. The molecule has 0 aliphatic heterocycles. The predicted octanol–water partition coefficient (Wildman–Crippen LogP) is 6.82. The van der Waals surface area contributed by atoms with E-state index < -0.39 is 0 Å². The predicted molar refractivity (Wildman–Crippen MR) is 91.1 cm³/mol. The Morgan fingerprint density at radius 2 is 1.79 bits per heavy atom. The molecule has 0 amide bonds. The zero-order valence-corrected chi connectivity index (χ0v) is 14.8. The van der Waals surface area contributed by atoms with Crippen LogP contribution in [0.25, 0.3) is 0 Å². The third kappa shape index (κ3) is 4.56. The van der Waals surface area contributed by atoms with Crippen molar-refractivity contribution in [2.75, 3.05) is 11.1 Å². The van der Waals surface area contributed by atoms with E-state index >= 15 is 0 Å². The summed E-state index contributed by atoms with van der Waals surface area (Å²) in [5, 5.41) is 2.67. The summed E-state index contributed by atoms with van der Waals surface area (Å²) in [6.07, 6.45) is 8.13. The van der Waals surface area contributed by atoms with Crippen molar-refractivity contribution in [1.29, 1.82) is 0 Å². The first-order valence-electron chi connectivity index (χ1n) is 6.79. The highest BCUT2D eigenvalue weighted by Gasteiger charge is 2.30. The lowest BCUT2D eigenvalue weighted by atomic mass is 9.85. The molecule has 0 saturated heterocycles. The lowest BCUT2D eigenvalue weighted by Gasteiger charge is -2.30. The van der Waals surface area contributed by atoms with Gasteiger partial charge in [-0.15, -0.1) is 11.8 Å². The van der Waals surface area contributed by atoms with Crippen LogP contribution in [0.2, 0.25) is 10.0 Å². The number of alkyl halides is 1. The fourth-order valence-electron chi connectivity index (χ4n) is 2.61. The van der Waals surface area contributed by atoms with Crippen LogP contribution in [0.3, 0.4) is 0 Å². The van der Waals surface area contributed by atoms with Gasteiger partial charge in [0.15, 0.2) is 0 Å². The molecule has 106 valence electrons. The Morgan fingerprint density at radius 1 is 1.11 bits per heavy atom. The van der Waals surface area contributed by atoms with Crippen molar-refractivity contribution in [2.45, 2.75) is 43.4 Å². The summed E-state index contributed by atoms with van der Waals surface area (Å²) in [6, 6.07) is 5.72. The van der Waals surface area contributed by atoms with Crippen LogP contribution in [0.5, 0.6) is 0 Å². The minimum Gasteiger partial charge on any atom is -0.124 e. The third-order valence-electron chi connectivity index (χ3n) is 3.87. The van der Waals surface area contributed by atoms with Crippen molar-refractivity contribution < 1.29 is 0 Å². The van der Waals surface area contributed by atoms with E-state index in [2.05, 4.69) is 15.9 Å². The van der Waals surface area contributed by atoms with Crippen molar-refractivity contribution in [2.24, 2.45) is 5.41 Å². The maximum absolute atomic E-state index is 6.24. The minimum atomic E-state index is 0.423. The van der Waals surface area contributed by atoms with Crippen LogP contribution >= 0.6 is 50.9 Å². The van der Waals surface area contributed by atoms with E-state index in [-0.39, 0.29) is 0 Å². The summed E-state index contributed by atoms with van der Waals surface area (Å²) in [4.78, 5) is 1.11. The topological polar surface area (TPSA) is 0 Å². The fourth-order valence-corrected chi connectivity index (χ4v) is 5.42. The third-order valence-corrected chi connectivity index (χ3v) is 7.15. The molecule has 2 rings (SSSR count). The second-order valence-corrected chi connectivity index (χ2v) is 7.83. The zero-order valence-electron chi connectivity index (χ0n) is 10.9. The Labute approximate surface area is 138 Å². The Morgan fingerprint density at radius 3 is 2.42 bits per heavy atom. The first-order valence-corrected chi connectivity index (χ1v) is 9.65. The highest BCUT2D eigenvalue weighted by Crippen LogP contribution is 2.42. The quantitative estimate of drug-likeness (QED) is 0.313. The largest absolute Gasteiger partial charge is 0.124 e. The maximum Gasteiger partial charge on any atom is 0.0542 e. The molecule has 0 heterocycles. The molecule has 0 aromatic heterocycles. The number of benzene rings is 1. The molecule has 0 unspecified atom stereocenters. The van der Waals surface area contributed by atoms with Crippen molar-refractivity contribution in [3.8, 4) is 0 Å². The normalized spacial score (nSPS) is 19.1. The lowest BCUT2D eigenvalue weighted by molar-refractivity contribution is 0.334. The molecule has 1 aromatic rings. The van der Waals surface area contributed by atoms with Gasteiger partial charge in [-0.2, -0.15) is 0 Å². The van der Waals surface area contributed by atoms with Gasteiger partial charge in [-0.25, -0.2) is 0 Å². The van der Waals surface area contributed by atoms with Gasteiger partial charge in [-0.05, 0) is 36.5 Å². The molecular weight excluding hydrogens is 363 g/mol. The highest BCUT2D eigenvalue weighted by atomic mass is 79.9. The standard InChI is InChI=1S/C15H19BrCl2S/c16-10-15(7-3-1-2-4-8-15)11-19-14-9-12(17)5-6-13(14)18/h5-6,9H,1-4,7-8,10-11H2. The summed E-state index contributed by atoms with van der Waals surface area (Å²) in [7, 11) is 0. The first-order chi connectivity index (χ1) is 9.15. The van der Waals surface area contributed by atoms with E-state index in [1.807, 2.05) is 30.0 Å². The lowest BCUT2D eigenvalue weighted by Crippen LogP contribution is -2.25. The fraction of sp³-hybridized carbons (Fsp3) is 0.600. The molecule has 0 atom stereocenters. The Balaban J connectivity index is 2.04. The smallest absolute Gasteiger partial charge is 0.0542 e. The van der Waals surface area contributed by atoms with Gasteiger partial charge in [0, 0.05) is 21.0 Å². The molecule has 1 fully saturated rings. The number of halogens is 3. The van der Waals surface area contributed by atoms with Crippen LogP contribution in [0.4, 0.5) is 0 Å². The number of rotatable bonds is 4. The van der Waals surface area contributed by atoms with E-state index in [9.17, 15) is 0 Å². The highest BCUT2D eigenvalue weighted by molar-refractivity contribution is 9.09. The van der Waals surface area contributed by atoms with Crippen LogP contribution in [-0.2, 0) is 0 Å². The van der Waals surface area contributed by atoms with Crippen LogP contribution in [0.1, 0.15) is 38.5 Å². The van der Waals surface area contributed by atoms with Crippen molar-refractivity contribution >= 4 is 50.9 Å². The molecule has 0 spiro atoms. The summed E-state index contributed by atoms with van der Waals surface area (Å²) in [5.41, 5.74) is 0.423. The molecule has 0 nitrogen and oxygen atoms in total. The summed E-state index contributed by atoms with van der Waals surface area (Å²) in [5.74, 6) is 1.12. The number of hydrogen-bond acceptors (Lipinski definition) is 1. The van der Waals surface area contributed by atoms with Crippen LogP contribution < -0.4 is 0 Å². The Bertz CT molecular complexity index is 415. The molecule has 4 heteroatoms. The van der Waals surface area contributed by atoms with Crippen molar-refractivity contribution in [3.05, 3.63) is 28.2 Å². The number of thioether (sulfide) groups is 1. The van der Waals surface area contributed by atoms with Gasteiger partial charge in [0.2, 0.25) is 0 Å². The monoisotopic (exact) mass is 380 g/mol.